The normalized spacial score (nSPS) is 15.8. The van der Waals surface area contributed by atoms with Gasteiger partial charge in [-0.05, 0) is 25.3 Å². The first-order valence-corrected chi connectivity index (χ1v) is 9.70. The second-order valence-electron chi connectivity index (χ2n) is 7.38. The molecule has 1 aliphatic carbocycles. The summed E-state index contributed by atoms with van der Waals surface area (Å²) in [4.78, 5) is 17.5. The fraction of sp³-hybridized carbons (Fsp3) is 0.318. The van der Waals surface area contributed by atoms with E-state index in [2.05, 4.69) is 46.1 Å². The molecule has 0 atom stereocenters. The van der Waals surface area contributed by atoms with Crippen LogP contribution >= 0.6 is 0 Å². The van der Waals surface area contributed by atoms with Gasteiger partial charge < -0.3 is 4.52 Å². The molecular formula is C22H24N4O2. The third-order valence-electron chi connectivity index (χ3n) is 5.45. The van der Waals surface area contributed by atoms with Gasteiger partial charge in [0.1, 0.15) is 0 Å². The van der Waals surface area contributed by atoms with E-state index >= 15 is 0 Å². The van der Waals surface area contributed by atoms with Crippen LogP contribution in [0, 0.1) is 6.92 Å². The molecule has 1 amide bonds. The van der Waals surface area contributed by atoms with E-state index in [0.29, 0.717) is 5.82 Å². The Hall–Kier alpha value is -3.15. The average Bonchev–Trinajstić information content (AvgIpc) is 3.22. The van der Waals surface area contributed by atoms with Gasteiger partial charge in [-0.2, -0.15) is 4.98 Å². The average molecular weight is 376 g/mol. The van der Waals surface area contributed by atoms with Crippen LogP contribution in [0.5, 0.6) is 0 Å². The molecule has 1 aromatic heterocycles. The van der Waals surface area contributed by atoms with Crippen LogP contribution in [-0.2, 0) is 10.2 Å². The number of rotatable bonds is 5. The van der Waals surface area contributed by atoms with E-state index in [0.717, 1.165) is 42.4 Å². The lowest BCUT2D eigenvalue weighted by Crippen LogP contribution is -2.47. The first kappa shape index (κ1) is 18.2. The largest absolute Gasteiger partial charge is 0.340 e. The predicted molar refractivity (Wildman–Crippen MR) is 107 cm³/mol. The zero-order valence-electron chi connectivity index (χ0n) is 15.9. The SMILES string of the molecule is Cc1cccc(C2(C(=O)NNc3nc(-c4ccccc4)no3)CCCCC2)c1. The van der Waals surface area contributed by atoms with Gasteiger partial charge in [-0.1, -0.05) is 84.6 Å². The summed E-state index contributed by atoms with van der Waals surface area (Å²) in [6.45, 7) is 2.06. The number of aryl methyl sites for hydroxylation is 1. The highest BCUT2D eigenvalue weighted by Gasteiger charge is 2.41. The second kappa shape index (κ2) is 7.84. The van der Waals surface area contributed by atoms with Crippen molar-refractivity contribution in [2.75, 3.05) is 5.43 Å². The van der Waals surface area contributed by atoms with Gasteiger partial charge in [0.2, 0.25) is 11.7 Å². The van der Waals surface area contributed by atoms with Crippen LogP contribution in [0.1, 0.15) is 43.2 Å². The van der Waals surface area contributed by atoms with Crippen LogP contribution in [0.3, 0.4) is 0 Å². The number of aromatic nitrogens is 2. The van der Waals surface area contributed by atoms with Crippen LogP contribution in [0.2, 0.25) is 0 Å². The summed E-state index contributed by atoms with van der Waals surface area (Å²) in [5.74, 6) is 0.417. The number of amides is 1. The van der Waals surface area contributed by atoms with E-state index in [1.165, 1.54) is 6.42 Å². The molecule has 2 aromatic carbocycles. The summed E-state index contributed by atoms with van der Waals surface area (Å²) in [5.41, 5.74) is 8.17. The molecule has 2 N–H and O–H groups in total. The van der Waals surface area contributed by atoms with E-state index < -0.39 is 5.41 Å². The Kier molecular flexibility index (Phi) is 5.10. The van der Waals surface area contributed by atoms with E-state index in [4.69, 9.17) is 4.52 Å². The lowest BCUT2D eigenvalue weighted by atomic mass is 9.68. The number of hydrogen-bond donors (Lipinski definition) is 2. The highest BCUT2D eigenvalue weighted by atomic mass is 16.5. The Labute approximate surface area is 164 Å². The molecule has 0 saturated heterocycles. The maximum absolute atomic E-state index is 13.2. The van der Waals surface area contributed by atoms with Gasteiger partial charge in [-0.15, -0.1) is 0 Å². The van der Waals surface area contributed by atoms with Crippen molar-refractivity contribution in [3.05, 3.63) is 65.7 Å². The van der Waals surface area contributed by atoms with Crippen LogP contribution < -0.4 is 10.9 Å². The minimum absolute atomic E-state index is 0.0581. The van der Waals surface area contributed by atoms with E-state index in [1.54, 1.807) is 0 Å². The predicted octanol–water partition coefficient (Wildman–Crippen LogP) is 4.39. The maximum Gasteiger partial charge on any atom is 0.340 e. The molecule has 1 aliphatic rings. The maximum atomic E-state index is 13.2. The van der Waals surface area contributed by atoms with Gasteiger partial charge in [0.25, 0.3) is 0 Å². The van der Waals surface area contributed by atoms with Crippen LogP contribution in [0.15, 0.2) is 59.1 Å². The Morgan fingerprint density at radius 1 is 1.04 bits per heavy atom. The number of hydrazine groups is 1. The number of nitrogens with zero attached hydrogens (tertiary/aromatic N) is 2. The molecule has 1 heterocycles. The molecule has 0 aliphatic heterocycles. The first-order valence-electron chi connectivity index (χ1n) is 9.70. The standard InChI is InChI=1S/C22H24N4O2/c1-16-9-8-12-18(15-16)22(13-6-3-7-14-22)20(27)24-25-21-23-19(26-28-21)17-10-4-2-5-11-17/h2,4-5,8-12,15H,3,6-7,13-14H2,1H3,(H,24,27)(H,23,25,26). The third kappa shape index (κ3) is 3.63. The molecule has 0 radical (unpaired) electrons. The lowest BCUT2D eigenvalue weighted by molar-refractivity contribution is -0.127. The summed E-state index contributed by atoms with van der Waals surface area (Å²) in [7, 11) is 0. The molecule has 0 unspecified atom stereocenters. The summed E-state index contributed by atoms with van der Waals surface area (Å²) < 4.78 is 5.23. The number of carbonyl (C=O) groups is 1. The topological polar surface area (TPSA) is 80.0 Å². The van der Waals surface area contributed by atoms with Gasteiger partial charge in [0, 0.05) is 5.56 Å². The monoisotopic (exact) mass is 376 g/mol. The zero-order valence-corrected chi connectivity index (χ0v) is 15.9. The molecule has 1 fully saturated rings. The molecule has 3 aromatic rings. The van der Waals surface area contributed by atoms with Crippen molar-refractivity contribution in [3.63, 3.8) is 0 Å². The number of anilines is 1. The molecular weight excluding hydrogens is 352 g/mol. The quantitative estimate of drug-likeness (QED) is 0.646. The number of hydrogen-bond acceptors (Lipinski definition) is 5. The smallest absolute Gasteiger partial charge is 0.313 e. The third-order valence-corrected chi connectivity index (χ3v) is 5.45. The fourth-order valence-electron chi connectivity index (χ4n) is 3.95. The molecule has 6 nitrogen and oxygen atoms in total. The molecule has 28 heavy (non-hydrogen) atoms. The molecule has 4 rings (SSSR count). The van der Waals surface area contributed by atoms with Gasteiger partial charge in [-0.25, -0.2) is 5.43 Å². The Bertz CT molecular complexity index is 946. The zero-order chi connectivity index (χ0) is 19.4. The van der Waals surface area contributed by atoms with Gasteiger partial charge in [-0.3, -0.25) is 10.2 Å². The Morgan fingerprint density at radius 2 is 1.82 bits per heavy atom. The van der Waals surface area contributed by atoms with Crippen molar-refractivity contribution >= 4 is 11.9 Å². The van der Waals surface area contributed by atoms with Crippen molar-refractivity contribution in [1.82, 2.24) is 15.6 Å². The fourth-order valence-corrected chi connectivity index (χ4v) is 3.95. The second-order valence-corrected chi connectivity index (χ2v) is 7.38. The number of carbonyl (C=O) groups excluding carboxylic acids is 1. The van der Waals surface area contributed by atoms with E-state index in [1.807, 2.05) is 36.4 Å². The molecule has 1 saturated carbocycles. The molecule has 0 spiro atoms. The molecule has 6 heteroatoms. The summed E-state index contributed by atoms with van der Waals surface area (Å²) >= 11 is 0. The van der Waals surface area contributed by atoms with Gasteiger partial charge in [0.15, 0.2) is 0 Å². The molecule has 144 valence electrons. The minimum Gasteiger partial charge on any atom is -0.313 e. The highest BCUT2D eigenvalue weighted by molar-refractivity contribution is 5.89. The van der Waals surface area contributed by atoms with Crippen LogP contribution in [0.25, 0.3) is 11.4 Å². The van der Waals surface area contributed by atoms with Crippen molar-refractivity contribution in [1.29, 1.82) is 0 Å². The Morgan fingerprint density at radius 3 is 2.57 bits per heavy atom. The highest BCUT2D eigenvalue weighted by Crippen LogP contribution is 2.40. The van der Waals surface area contributed by atoms with Crippen molar-refractivity contribution in [2.24, 2.45) is 0 Å². The van der Waals surface area contributed by atoms with E-state index in [9.17, 15) is 4.79 Å². The lowest BCUT2D eigenvalue weighted by Gasteiger charge is -2.36. The minimum atomic E-state index is -0.528. The summed E-state index contributed by atoms with van der Waals surface area (Å²) in [6, 6.07) is 18.0. The molecule has 0 bridgehead atoms. The first-order chi connectivity index (χ1) is 13.7. The Balaban J connectivity index is 1.50. The van der Waals surface area contributed by atoms with Crippen molar-refractivity contribution < 1.29 is 9.32 Å². The van der Waals surface area contributed by atoms with Gasteiger partial charge >= 0.3 is 6.01 Å². The van der Waals surface area contributed by atoms with Crippen LogP contribution in [0.4, 0.5) is 6.01 Å². The van der Waals surface area contributed by atoms with Crippen molar-refractivity contribution in [3.8, 4) is 11.4 Å². The van der Waals surface area contributed by atoms with E-state index in [-0.39, 0.29) is 11.9 Å². The van der Waals surface area contributed by atoms with Crippen LogP contribution in [-0.4, -0.2) is 16.0 Å². The summed E-state index contributed by atoms with van der Waals surface area (Å²) in [5, 5.41) is 3.96. The number of benzene rings is 2. The summed E-state index contributed by atoms with van der Waals surface area (Å²) in [6.07, 6.45) is 4.92. The van der Waals surface area contributed by atoms with Crippen molar-refractivity contribution in [2.45, 2.75) is 44.4 Å². The number of nitrogens with one attached hydrogen (secondary N) is 2. The van der Waals surface area contributed by atoms with Gasteiger partial charge in [0.05, 0.1) is 5.41 Å².